The normalized spacial score (nSPS) is 21.1. The van der Waals surface area contributed by atoms with E-state index >= 15 is 0 Å². The lowest BCUT2D eigenvalue weighted by Gasteiger charge is -2.32. The fourth-order valence-corrected chi connectivity index (χ4v) is 3.57. The Kier molecular flexibility index (Phi) is 5.11. The van der Waals surface area contributed by atoms with Gasteiger partial charge in [0.25, 0.3) is 0 Å². The molecule has 1 amide bonds. The molecule has 1 aliphatic rings. The smallest absolute Gasteiger partial charge is 0.224 e. The van der Waals surface area contributed by atoms with Crippen molar-refractivity contribution >= 4 is 5.91 Å². The van der Waals surface area contributed by atoms with E-state index in [4.69, 9.17) is 0 Å². The second kappa shape index (κ2) is 7.44. The van der Waals surface area contributed by atoms with Gasteiger partial charge in [-0.25, -0.2) is 0 Å². The Morgan fingerprint density at radius 1 is 1.22 bits per heavy atom. The first-order chi connectivity index (χ1) is 11.2. The number of carbonyl (C=O) groups excluding carboxylic acids is 1. The summed E-state index contributed by atoms with van der Waals surface area (Å²) in [5.74, 6) is 0.659. The average Bonchev–Trinajstić information content (AvgIpc) is 2.95. The second-order valence-electron chi connectivity index (χ2n) is 6.61. The summed E-state index contributed by atoms with van der Waals surface area (Å²) >= 11 is 0. The molecule has 1 aliphatic carbocycles. The number of nitrogens with zero attached hydrogens (tertiary/aromatic N) is 2. The van der Waals surface area contributed by atoms with Crippen molar-refractivity contribution < 1.29 is 4.79 Å². The van der Waals surface area contributed by atoms with E-state index in [2.05, 4.69) is 40.7 Å². The van der Waals surface area contributed by atoms with E-state index in [-0.39, 0.29) is 5.91 Å². The molecule has 1 aromatic heterocycles. The van der Waals surface area contributed by atoms with Crippen molar-refractivity contribution in [1.82, 2.24) is 15.1 Å². The van der Waals surface area contributed by atoms with Gasteiger partial charge < -0.3 is 5.32 Å². The van der Waals surface area contributed by atoms with Gasteiger partial charge in [-0.1, -0.05) is 43.2 Å². The van der Waals surface area contributed by atoms with Crippen LogP contribution in [0.5, 0.6) is 0 Å². The lowest BCUT2D eigenvalue weighted by molar-refractivity contribution is -0.121. The Morgan fingerprint density at radius 3 is 2.74 bits per heavy atom. The highest BCUT2D eigenvalue weighted by Gasteiger charge is 2.26. The molecule has 122 valence electrons. The number of rotatable bonds is 5. The minimum Gasteiger partial charge on any atom is -0.353 e. The first kappa shape index (κ1) is 15.8. The van der Waals surface area contributed by atoms with Crippen LogP contribution in [0.15, 0.2) is 42.7 Å². The highest BCUT2D eigenvalue weighted by Crippen LogP contribution is 2.27. The Bertz CT molecular complexity index is 635. The van der Waals surface area contributed by atoms with Crippen LogP contribution in [-0.4, -0.2) is 21.7 Å². The zero-order valence-electron chi connectivity index (χ0n) is 13.7. The van der Waals surface area contributed by atoms with E-state index in [9.17, 15) is 4.79 Å². The van der Waals surface area contributed by atoms with Gasteiger partial charge in [0.1, 0.15) is 0 Å². The Labute approximate surface area is 137 Å². The molecule has 0 aliphatic heterocycles. The van der Waals surface area contributed by atoms with Gasteiger partial charge in [0.15, 0.2) is 0 Å². The van der Waals surface area contributed by atoms with Crippen molar-refractivity contribution in [2.45, 2.75) is 44.6 Å². The number of aromatic nitrogens is 2. The molecule has 4 nitrogen and oxygen atoms in total. The number of amides is 1. The van der Waals surface area contributed by atoms with Crippen LogP contribution in [-0.2, 0) is 24.7 Å². The van der Waals surface area contributed by atoms with E-state index < -0.39 is 0 Å². The van der Waals surface area contributed by atoms with Crippen LogP contribution < -0.4 is 5.32 Å². The maximum atomic E-state index is 12.3. The first-order valence-corrected chi connectivity index (χ1v) is 8.51. The molecular weight excluding hydrogens is 286 g/mol. The Hall–Kier alpha value is -2.10. The van der Waals surface area contributed by atoms with E-state index in [1.807, 2.05) is 13.2 Å². The summed E-state index contributed by atoms with van der Waals surface area (Å²) in [6.45, 7) is 0. The minimum absolute atomic E-state index is 0.114. The quantitative estimate of drug-likeness (QED) is 0.923. The van der Waals surface area contributed by atoms with Gasteiger partial charge in [-0.2, -0.15) is 5.10 Å². The Balaban J connectivity index is 1.58. The highest BCUT2D eigenvalue weighted by molar-refractivity contribution is 5.78. The summed E-state index contributed by atoms with van der Waals surface area (Å²) in [6.07, 6.45) is 9.92. The van der Waals surface area contributed by atoms with Crippen molar-refractivity contribution in [3.63, 3.8) is 0 Å². The summed E-state index contributed by atoms with van der Waals surface area (Å²) in [7, 11) is 1.87. The predicted octanol–water partition coefficient (Wildman–Crippen LogP) is 2.88. The van der Waals surface area contributed by atoms with Gasteiger partial charge in [0, 0.05) is 19.3 Å². The topological polar surface area (TPSA) is 46.9 Å². The lowest BCUT2D eigenvalue weighted by atomic mass is 9.80. The molecule has 23 heavy (non-hydrogen) atoms. The molecule has 0 radical (unpaired) electrons. The third-order valence-corrected chi connectivity index (χ3v) is 4.72. The molecule has 2 atom stereocenters. The van der Waals surface area contributed by atoms with E-state index in [0.717, 1.165) is 18.4 Å². The van der Waals surface area contributed by atoms with Crippen molar-refractivity contribution in [2.75, 3.05) is 0 Å². The zero-order chi connectivity index (χ0) is 16.1. The second-order valence-corrected chi connectivity index (χ2v) is 6.61. The van der Waals surface area contributed by atoms with Crippen molar-refractivity contribution in [3.05, 3.63) is 53.9 Å². The van der Waals surface area contributed by atoms with Crippen LogP contribution in [0.1, 0.15) is 36.8 Å². The van der Waals surface area contributed by atoms with Gasteiger partial charge in [-0.15, -0.1) is 0 Å². The molecule has 1 fully saturated rings. The molecule has 2 unspecified atom stereocenters. The number of hydrogen-bond donors (Lipinski definition) is 1. The summed E-state index contributed by atoms with van der Waals surface area (Å²) in [6, 6.07) is 10.9. The number of carbonyl (C=O) groups is 1. The summed E-state index contributed by atoms with van der Waals surface area (Å²) in [5, 5.41) is 7.39. The van der Waals surface area contributed by atoms with Crippen molar-refractivity contribution in [1.29, 1.82) is 0 Å². The fourth-order valence-electron chi connectivity index (χ4n) is 3.57. The lowest BCUT2D eigenvalue weighted by Crippen LogP contribution is -2.43. The minimum atomic E-state index is 0.114. The zero-order valence-corrected chi connectivity index (χ0v) is 13.7. The monoisotopic (exact) mass is 311 g/mol. The van der Waals surface area contributed by atoms with Crippen LogP contribution in [0.3, 0.4) is 0 Å². The molecule has 3 rings (SSSR count). The number of benzene rings is 1. The van der Waals surface area contributed by atoms with Crippen molar-refractivity contribution in [3.8, 4) is 0 Å². The summed E-state index contributed by atoms with van der Waals surface area (Å²) in [4.78, 5) is 12.3. The van der Waals surface area contributed by atoms with Crippen LogP contribution in [0, 0.1) is 5.92 Å². The number of nitrogens with one attached hydrogen (secondary N) is 1. The van der Waals surface area contributed by atoms with Gasteiger partial charge in [0.05, 0.1) is 12.6 Å². The standard InChI is InChI=1S/C19H25N3O/c1-22-14-16(13-20-22)12-19(23)21-18-10-6-5-9-17(18)11-15-7-3-2-4-8-15/h2-4,7-8,13-14,17-18H,5-6,9-12H2,1H3,(H,21,23). The predicted molar refractivity (Wildman–Crippen MR) is 90.9 cm³/mol. The van der Waals surface area contributed by atoms with Crippen LogP contribution in [0.25, 0.3) is 0 Å². The SMILES string of the molecule is Cn1cc(CC(=O)NC2CCCCC2Cc2ccccc2)cn1. The molecular formula is C19H25N3O. The number of hydrogen-bond acceptors (Lipinski definition) is 2. The number of aryl methyl sites for hydroxylation is 1. The van der Waals surface area contributed by atoms with E-state index in [1.54, 1.807) is 10.9 Å². The average molecular weight is 311 g/mol. The summed E-state index contributed by atoms with van der Waals surface area (Å²) < 4.78 is 1.74. The first-order valence-electron chi connectivity index (χ1n) is 8.51. The van der Waals surface area contributed by atoms with E-state index in [0.29, 0.717) is 18.4 Å². The third-order valence-electron chi connectivity index (χ3n) is 4.72. The van der Waals surface area contributed by atoms with Gasteiger partial charge in [-0.3, -0.25) is 9.48 Å². The molecule has 1 saturated carbocycles. The third kappa shape index (κ3) is 4.44. The molecule has 2 aromatic rings. The fraction of sp³-hybridized carbons (Fsp3) is 0.474. The van der Waals surface area contributed by atoms with Gasteiger partial charge in [-0.05, 0) is 36.3 Å². The summed E-state index contributed by atoms with van der Waals surface area (Å²) in [5.41, 5.74) is 2.34. The van der Waals surface area contributed by atoms with Crippen LogP contribution >= 0.6 is 0 Å². The van der Waals surface area contributed by atoms with Crippen molar-refractivity contribution in [2.24, 2.45) is 13.0 Å². The largest absolute Gasteiger partial charge is 0.353 e. The van der Waals surface area contributed by atoms with Gasteiger partial charge >= 0.3 is 0 Å². The Morgan fingerprint density at radius 2 is 2.00 bits per heavy atom. The molecule has 1 N–H and O–H groups in total. The molecule has 0 saturated heterocycles. The molecule has 1 heterocycles. The highest BCUT2D eigenvalue weighted by atomic mass is 16.1. The van der Waals surface area contributed by atoms with Crippen LogP contribution in [0.2, 0.25) is 0 Å². The van der Waals surface area contributed by atoms with Gasteiger partial charge in [0.2, 0.25) is 5.91 Å². The van der Waals surface area contributed by atoms with E-state index in [1.165, 1.54) is 24.8 Å². The van der Waals surface area contributed by atoms with Crippen LogP contribution in [0.4, 0.5) is 0 Å². The molecule has 0 spiro atoms. The molecule has 0 bridgehead atoms. The molecule has 4 heteroatoms. The maximum absolute atomic E-state index is 12.3. The molecule has 1 aromatic carbocycles. The maximum Gasteiger partial charge on any atom is 0.224 e.